The van der Waals surface area contributed by atoms with Gasteiger partial charge in [-0.2, -0.15) is 0 Å². The summed E-state index contributed by atoms with van der Waals surface area (Å²) in [6.07, 6.45) is 3.36. The minimum absolute atomic E-state index is 0.320. The van der Waals surface area contributed by atoms with Crippen LogP contribution in [0.1, 0.15) is 26.2 Å². The number of nitrogens with two attached hydrogens (primary N) is 1. The Morgan fingerprint density at radius 3 is 2.70 bits per heavy atom. The Bertz CT molecular complexity index is 105. The molecule has 3 N–H and O–H groups in total. The van der Waals surface area contributed by atoms with E-state index in [4.69, 9.17) is 10.8 Å². The predicted molar refractivity (Wildman–Crippen MR) is 41.6 cm³/mol. The van der Waals surface area contributed by atoms with E-state index in [0.29, 0.717) is 24.5 Å². The highest BCUT2D eigenvalue weighted by Gasteiger charge is 2.23. The lowest BCUT2D eigenvalue weighted by atomic mass is 9.80. The average molecular weight is 143 g/mol. The number of hydrogen-bond donors (Lipinski definition) is 2. The van der Waals surface area contributed by atoms with Crippen molar-refractivity contribution in [1.82, 2.24) is 0 Å². The van der Waals surface area contributed by atoms with Crippen molar-refractivity contribution < 1.29 is 5.11 Å². The maximum Gasteiger partial charge on any atom is 0.0459 e. The molecular formula is C8H17NO. The molecule has 0 aromatic heterocycles. The Balaban J connectivity index is 2.33. The van der Waals surface area contributed by atoms with E-state index in [1.54, 1.807) is 0 Å². The van der Waals surface area contributed by atoms with Gasteiger partial charge >= 0.3 is 0 Å². The van der Waals surface area contributed by atoms with Gasteiger partial charge in [-0.15, -0.1) is 0 Å². The van der Waals surface area contributed by atoms with Gasteiger partial charge in [0.25, 0.3) is 0 Å². The third kappa shape index (κ3) is 1.70. The molecule has 0 saturated heterocycles. The monoisotopic (exact) mass is 143 g/mol. The molecule has 0 bridgehead atoms. The lowest BCUT2D eigenvalue weighted by Gasteiger charge is -2.30. The molecule has 0 aromatic carbocycles. The van der Waals surface area contributed by atoms with Crippen molar-refractivity contribution in [2.75, 3.05) is 6.61 Å². The second kappa shape index (κ2) is 3.35. The van der Waals surface area contributed by atoms with Gasteiger partial charge in [-0.05, 0) is 31.1 Å². The first-order valence-electron chi connectivity index (χ1n) is 4.10. The fourth-order valence-electron chi connectivity index (χ4n) is 1.61. The summed E-state index contributed by atoms with van der Waals surface area (Å²) < 4.78 is 0. The van der Waals surface area contributed by atoms with Gasteiger partial charge in [0.15, 0.2) is 0 Å². The third-order valence-electron chi connectivity index (χ3n) is 2.62. The Kier molecular flexibility index (Phi) is 2.69. The smallest absolute Gasteiger partial charge is 0.0459 e. The number of rotatable bonds is 1. The Hall–Kier alpha value is -0.0800. The molecule has 0 radical (unpaired) electrons. The molecule has 1 fully saturated rings. The van der Waals surface area contributed by atoms with Gasteiger partial charge < -0.3 is 10.8 Å². The van der Waals surface area contributed by atoms with Crippen LogP contribution < -0.4 is 5.73 Å². The maximum atomic E-state index is 8.84. The van der Waals surface area contributed by atoms with Crippen LogP contribution in [0.3, 0.4) is 0 Å². The zero-order valence-corrected chi connectivity index (χ0v) is 6.59. The fourth-order valence-corrected chi connectivity index (χ4v) is 1.61. The summed E-state index contributed by atoms with van der Waals surface area (Å²) in [5.41, 5.74) is 5.83. The zero-order valence-electron chi connectivity index (χ0n) is 6.59. The van der Waals surface area contributed by atoms with E-state index in [9.17, 15) is 0 Å². The van der Waals surface area contributed by atoms with Gasteiger partial charge in [0, 0.05) is 12.6 Å². The van der Waals surface area contributed by atoms with Crippen LogP contribution in [0.2, 0.25) is 0 Å². The first kappa shape index (κ1) is 8.02. The molecule has 3 unspecified atom stereocenters. The quantitative estimate of drug-likeness (QED) is 0.568. The van der Waals surface area contributed by atoms with Gasteiger partial charge in [0.2, 0.25) is 0 Å². The minimum atomic E-state index is 0.320. The van der Waals surface area contributed by atoms with Crippen LogP contribution in [0.15, 0.2) is 0 Å². The van der Waals surface area contributed by atoms with Crippen LogP contribution >= 0.6 is 0 Å². The second-order valence-corrected chi connectivity index (χ2v) is 3.50. The van der Waals surface area contributed by atoms with Gasteiger partial charge in [0.1, 0.15) is 0 Å². The van der Waals surface area contributed by atoms with Crippen molar-refractivity contribution in [3.05, 3.63) is 0 Å². The molecule has 0 aliphatic heterocycles. The van der Waals surface area contributed by atoms with E-state index in [1.165, 1.54) is 6.42 Å². The van der Waals surface area contributed by atoms with E-state index < -0.39 is 0 Å². The van der Waals surface area contributed by atoms with E-state index >= 15 is 0 Å². The molecule has 2 nitrogen and oxygen atoms in total. The van der Waals surface area contributed by atoms with Crippen molar-refractivity contribution in [2.24, 2.45) is 17.6 Å². The molecule has 2 heteroatoms. The highest BCUT2D eigenvalue weighted by atomic mass is 16.3. The first-order chi connectivity index (χ1) is 4.74. The number of aliphatic hydroxyl groups excluding tert-OH is 1. The summed E-state index contributed by atoms with van der Waals surface area (Å²) in [6, 6.07) is 0.325. The van der Waals surface area contributed by atoms with Crippen molar-refractivity contribution in [1.29, 1.82) is 0 Å². The summed E-state index contributed by atoms with van der Waals surface area (Å²) >= 11 is 0. The van der Waals surface area contributed by atoms with Crippen LogP contribution in [0.25, 0.3) is 0 Å². The molecule has 1 aliphatic carbocycles. The van der Waals surface area contributed by atoms with Crippen LogP contribution in [-0.4, -0.2) is 17.8 Å². The molecule has 10 heavy (non-hydrogen) atoms. The molecule has 0 amide bonds. The summed E-state index contributed by atoms with van der Waals surface area (Å²) in [4.78, 5) is 0. The van der Waals surface area contributed by atoms with Gasteiger partial charge in [-0.25, -0.2) is 0 Å². The topological polar surface area (TPSA) is 46.2 Å². The molecule has 1 saturated carbocycles. The molecule has 60 valence electrons. The van der Waals surface area contributed by atoms with Gasteiger partial charge in [0.05, 0.1) is 0 Å². The number of hydrogen-bond acceptors (Lipinski definition) is 2. The highest BCUT2D eigenvalue weighted by molar-refractivity contribution is 4.79. The summed E-state index contributed by atoms with van der Waals surface area (Å²) in [6.45, 7) is 2.51. The molecular weight excluding hydrogens is 126 g/mol. The van der Waals surface area contributed by atoms with Gasteiger partial charge in [-0.3, -0.25) is 0 Å². The van der Waals surface area contributed by atoms with E-state index in [0.717, 1.165) is 12.8 Å². The lowest BCUT2D eigenvalue weighted by Crippen LogP contribution is -2.35. The summed E-state index contributed by atoms with van der Waals surface area (Å²) in [5.74, 6) is 1.13. The molecule has 0 heterocycles. The first-order valence-corrected chi connectivity index (χ1v) is 4.10. The summed E-state index contributed by atoms with van der Waals surface area (Å²) in [7, 11) is 0. The largest absolute Gasteiger partial charge is 0.396 e. The fraction of sp³-hybridized carbons (Fsp3) is 1.00. The Labute approximate surface area is 62.4 Å². The molecule has 1 aliphatic rings. The van der Waals surface area contributed by atoms with Crippen LogP contribution in [0, 0.1) is 11.8 Å². The van der Waals surface area contributed by atoms with Crippen molar-refractivity contribution in [2.45, 2.75) is 32.2 Å². The number of aliphatic hydroxyl groups is 1. The lowest BCUT2D eigenvalue weighted by molar-refractivity contribution is 0.157. The Morgan fingerprint density at radius 2 is 2.20 bits per heavy atom. The van der Waals surface area contributed by atoms with Crippen molar-refractivity contribution in [3.63, 3.8) is 0 Å². The van der Waals surface area contributed by atoms with Crippen LogP contribution in [-0.2, 0) is 0 Å². The van der Waals surface area contributed by atoms with Gasteiger partial charge in [-0.1, -0.05) is 6.92 Å². The van der Waals surface area contributed by atoms with E-state index in [2.05, 4.69) is 6.92 Å². The second-order valence-electron chi connectivity index (χ2n) is 3.50. The standard InChI is InChI=1S/C8H17NO/c1-6-2-3-7(5-10)4-8(6)9/h6-8,10H,2-5,9H2,1H3. The molecule has 3 atom stereocenters. The summed E-state index contributed by atoms with van der Waals surface area (Å²) in [5, 5.41) is 8.84. The third-order valence-corrected chi connectivity index (χ3v) is 2.62. The molecule has 0 aromatic rings. The molecule has 1 rings (SSSR count). The SMILES string of the molecule is CC1CCC(CO)CC1N. The maximum absolute atomic E-state index is 8.84. The predicted octanol–water partition coefficient (Wildman–Crippen LogP) is 0.742. The highest BCUT2D eigenvalue weighted by Crippen LogP contribution is 2.26. The van der Waals surface area contributed by atoms with Crippen LogP contribution in [0.5, 0.6) is 0 Å². The van der Waals surface area contributed by atoms with Crippen LogP contribution in [0.4, 0.5) is 0 Å². The molecule has 0 spiro atoms. The van der Waals surface area contributed by atoms with Crippen molar-refractivity contribution >= 4 is 0 Å². The minimum Gasteiger partial charge on any atom is -0.396 e. The Morgan fingerprint density at radius 1 is 1.50 bits per heavy atom. The van der Waals surface area contributed by atoms with Crippen molar-refractivity contribution in [3.8, 4) is 0 Å². The van der Waals surface area contributed by atoms with E-state index in [-0.39, 0.29) is 0 Å². The normalized spacial score (nSPS) is 41.7. The van der Waals surface area contributed by atoms with E-state index in [1.807, 2.05) is 0 Å². The zero-order chi connectivity index (χ0) is 7.56. The average Bonchev–Trinajstić information content (AvgIpc) is 1.95.